The lowest BCUT2D eigenvalue weighted by molar-refractivity contribution is 0.0449. The lowest BCUT2D eigenvalue weighted by Gasteiger charge is -2.11. The summed E-state index contributed by atoms with van der Waals surface area (Å²) in [7, 11) is -3.91. The van der Waals surface area contributed by atoms with Crippen LogP contribution in [0.2, 0.25) is 10.0 Å². The van der Waals surface area contributed by atoms with Crippen molar-refractivity contribution >= 4 is 39.2 Å². The normalized spacial score (nSPS) is 11.2. The van der Waals surface area contributed by atoms with Gasteiger partial charge in [0.05, 0.1) is 20.5 Å². The quantitative estimate of drug-likeness (QED) is 0.589. The molecule has 2 N–H and O–H groups in total. The first-order valence-corrected chi connectivity index (χ1v) is 9.38. The molecule has 0 spiro atoms. The summed E-state index contributed by atoms with van der Waals surface area (Å²) in [5, 5.41) is 5.75. The van der Waals surface area contributed by atoms with Crippen LogP contribution in [0.3, 0.4) is 0 Å². The van der Waals surface area contributed by atoms with Gasteiger partial charge in [-0.1, -0.05) is 35.3 Å². The fourth-order valence-corrected chi connectivity index (χ4v) is 3.02. The fourth-order valence-electron chi connectivity index (χ4n) is 1.97. The van der Waals surface area contributed by atoms with Gasteiger partial charge >= 0.3 is 5.97 Å². The van der Waals surface area contributed by atoms with E-state index in [-0.39, 0.29) is 23.7 Å². The lowest BCUT2D eigenvalue weighted by atomic mass is 10.1. The number of para-hydroxylation sites is 1. The molecule has 0 atom stereocenters. The van der Waals surface area contributed by atoms with Gasteiger partial charge in [0.1, 0.15) is 13.2 Å². The molecule has 0 radical (unpaired) electrons. The third-order valence-electron chi connectivity index (χ3n) is 3.24. The molecule has 25 heavy (non-hydrogen) atoms. The highest BCUT2D eigenvalue weighted by atomic mass is 35.5. The molecular formula is C16H15Cl2NO5S. The average molecular weight is 404 g/mol. The van der Waals surface area contributed by atoms with E-state index in [0.29, 0.717) is 21.4 Å². The zero-order valence-corrected chi connectivity index (χ0v) is 15.5. The predicted octanol–water partition coefficient (Wildman–Crippen LogP) is 3.19. The summed E-state index contributed by atoms with van der Waals surface area (Å²) >= 11 is 11.9. The van der Waals surface area contributed by atoms with E-state index in [9.17, 15) is 13.2 Å². The Bertz CT molecular complexity index is 879. The van der Waals surface area contributed by atoms with Crippen LogP contribution in [0.4, 0.5) is 0 Å². The molecule has 0 unspecified atom stereocenters. The number of hydrogen-bond acceptors (Lipinski definition) is 5. The van der Waals surface area contributed by atoms with Crippen molar-refractivity contribution < 1.29 is 22.7 Å². The molecule has 2 aromatic rings. The van der Waals surface area contributed by atoms with Gasteiger partial charge in [0.2, 0.25) is 10.0 Å². The Morgan fingerprint density at radius 3 is 2.36 bits per heavy atom. The number of carbonyl (C=O) groups excluding carboxylic acids is 1. The first-order chi connectivity index (χ1) is 11.7. The highest BCUT2D eigenvalue weighted by Crippen LogP contribution is 2.32. The van der Waals surface area contributed by atoms with E-state index >= 15 is 0 Å². The van der Waals surface area contributed by atoms with Gasteiger partial charge in [-0.2, -0.15) is 0 Å². The lowest BCUT2D eigenvalue weighted by Crippen LogP contribution is -2.16. The Balaban J connectivity index is 1.99. The van der Waals surface area contributed by atoms with Crippen LogP contribution in [-0.4, -0.2) is 27.6 Å². The van der Waals surface area contributed by atoms with Crippen molar-refractivity contribution in [2.24, 2.45) is 5.14 Å². The van der Waals surface area contributed by atoms with Gasteiger partial charge in [-0.3, -0.25) is 0 Å². The fraction of sp³-hybridized carbons (Fsp3) is 0.188. The largest absolute Gasteiger partial charge is 0.487 e. The van der Waals surface area contributed by atoms with Crippen LogP contribution in [0, 0.1) is 6.92 Å². The maximum Gasteiger partial charge on any atom is 0.338 e. The van der Waals surface area contributed by atoms with Crippen LogP contribution in [-0.2, 0) is 14.8 Å². The maximum atomic E-state index is 12.1. The second kappa shape index (κ2) is 8.05. The summed E-state index contributed by atoms with van der Waals surface area (Å²) in [6.45, 7) is 1.62. The minimum atomic E-state index is -3.91. The summed E-state index contributed by atoms with van der Waals surface area (Å²) < 4.78 is 33.3. The minimum absolute atomic E-state index is 0.0309. The summed E-state index contributed by atoms with van der Waals surface area (Å²) in [4.78, 5) is 12.0. The Labute approximate surface area is 155 Å². The number of esters is 1. The van der Waals surface area contributed by atoms with Crippen LogP contribution in [0.5, 0.6) is 5.75 Å². The SMILES string of the molecule is Cc1ccc(S(N)(=O)=O)cc1C(=O)OCCOc1c(Cl)cccc1Cl. The monoisotopic (exact) mass is 403 g/mol. The molecule has 2 aromatic carbocycles. The van der Waals surface area contributed by atoms with E-state index in [1.54, 1.807) is 25.1 Å². The first kappa shape index (κ1) is 19.5. The van der Waals surface area contributed by atoms with Crippen LogP contribution in [0.1, 0.15) is 15.9 Å². The smallest absolute Gasteiger partial charge is 0.338 e. The summed E-state index contributed by atoms with van der Waals surface area (Å²) in [5.41, 5.74) is 0.676. The second-order valence-corrected chi connectivity index (χ2v) is 7.43. The van der Waals surface area contributed by atoms with Gasteiger partial charge in [-0.05, 0) is 36.8 Å². The van der Waals surface area contributed by atoms with Crippen molar-refractivity contribution in [2.45, 2.75) is 11.8 Å². The highest BCUT2D eigenvalue weighted by molar-refractivity contribution is 7.89. The maximum absolute atomic E-state index is 12.1. The Kier molecular flexibility index (Phi) is 6.29. The molecule has 0 aromatic heterocycles. The summed E-state index contributed by atoms with van der Waals surface area (Å²) in [5.74, 6) is -0.383. The molecule has 0 amide bonds. The van der Waals surface area contributed by atoms with Crippen LogP contribution < -0.4 is 9.88 Å². The number of aryl methyl sites for hydroxylation is 1. The molecular weight excluding hydrogens is 389 g/mol. The predicted molar refractivity (Wildman–Crippen MR) is 94.8 cm³/mol. The van der Waals surface area contributed by atoms with Gasteiger partial charge in [0.15, 0.2) is 5.75 Å². The minimum Gasteiger partial charge on any atom is -0.487 e. The van der Waals surface area contributed by atoms with Crippen molar-refractivity contribution in [3.05, 3.63) is 57.6 Å². The topological polar surface area (TPSA) is 95.7 Å². The molecule has 134 valence electrons. The molecule has 0 heterocycles. The van der Waals surface area contributed by atoms with E-state index in [1.165, 1.54) is 18.2 Å². The third-order valence-corrected chi connectivity index (χ3v) is 4.75. The van der Waals surface area contributed by atoms with Crippen molar-refractivity contribution in [3.8, 4) is 5.75 Å². The van der Waals surface area contributed by atoms with Gasteiger partial charge in [-0.25, -0.2) is 18.4 Å². The number of halogens is 2. The number of primary sulfonamides is 1. The van der Waals surface area contributed by atoms with Gasteiger partial charge in [0.25, 0.3) is 0 Å². The van der Waals surface area contributed by atoms with E-state index < -0.39 is 16.0 Å². The number of hydrogen-bond donors (Lipinski definition) is 1. The Hall–Kier alpha value is -1.80. The van der Waals surface area contributed by atoms with Crippen molar-refractivity contribution in [2.75, 3.05) is 13.2 Å². The molecule has 0 aliphatic rings. The van der Waals surface area contributed by atoms with Crippen molar-refractivity contribution in [3.63, 3.8) is 0 Å². The van der Waals surface area contributed by atoms with E-state index in [1.807, 2.05) is 0 Å². The molecule has 0 bridgehead atoms. The summed E-state index contributed by atoms with van der Waals surface area (Å²) in [6.07, 6.45) is 0. The number of ether oxygens (including phenoxy) is 2. The first-order valence-electron chi connectivity index (χ1n) is 7.07. The highest BCUT2D eigenvalue weighted by Gasteiger charge is 2.16. The van der Waals surface area contributed by atoms with Crippen molar-refractivity contribution in [1.82, 2.24) is 0 Å². The van der Waals surface area contributed by atoms with E-state index in [2.05, 4.69) is 0 Å². The standard InChI is InChI=1S/C16H15Cl2NO5S/c1-10-5-6-11(25(19,21)22)9-12(10)16(20)24-8-7-23-15-13(17)3-2-4-14(15)18/h2-6,9H,7-8H2,1H3,(H2,19,21,22). The number of carbonyl (C=O) groups is 1. The molecule has 0 aliphatic carbocycles. The molecule has 9 heteroatoms. The number of rotatable bonds is 6. The van der Waals surface area contributed by atoms with E-state index in [0.717, 1.165) is 0 Å². The number of benzene rings is 2. The molecule has 0 fully saturated rings. The van der Waals surface area contributed by atoms with Crippen LogP contribution in [0.15, 0.2) is 41.3 Å². The molecule has 0 aliphatic heterocycles. The van der Waals surface area contributed by atoms with Crippen LogP contribution >= 0.6 is 23.2 Å². The number of nitrogens with two attached hydrogens (primary N) is 1. The van der Waals surface area contributed by atoms with Crippen LogP contribution in [0.25, 0.3) is 0 Å². The molecule has 6 nitrogen and oxygen atoms in total. The number of sulfonamides is 1. The average Bonchev–Trinajstić information content (AvgIpc) is 2.52. The van der Waals surface area contributed by atoms with Gasteiger partial charge in [0, 0.05) is 0 Å². The van der Waals surface area contributed by atoms with E-state index in [4.69, 9.17) is 37.8 Å². The zero-order chi connectivity index (χ0) is 18.6. The van der Waals surface area contributed by atoms with Crippen molar-refractivity contribution in [1.29, 1.82) is 0 Å². The van der Waals surface area contributed by atoms with Gasteiger partial charge in [-0.15, -0.1) is 0 Å². The zero-order valence-electron chi connectivity index (χ0n) is 13.2. The Morgan fingerprint density at radius 2 is 1.76 bits per heavy atom. The van der Waals surface area contributed by atoms with Gasteiger partial charge < -0.3 is 9.47 Å². The third kappa shape index (κ3) is 5.09. The summed E-state index contributed by atoms with van der Waals surface area (Å²) in [6, 6.07) is 8.91. The molecule has 0 saturated carbocycles. The second-order valence-electron chi connectivity index (χ2n) is 5.06. The molecule has 0 saturated heterocycles. The molecule has 2 rings (SSSR count). The Morgan fingerprint density at radius 1 is 1.12 bits per heavy atom.